The number of benzene rings is 2. The van der Waals surface area contributed by atoms with Crippen molar-refractivity contribution in [3.63, 3.8) is 0 Å². The molecule has 37 heavy (non-hydrogen) atoms. The van der Waals surface area contributed by atoms with Crippen molar-refractivity contribution in [3.8, 4) is 5.75 Å². The molecular weight excluding hydrogens is 512 g/mol. The van der Waals surface area contributed by atoms with E-state index in [1.807, 2.05) is 0 Å². The van der Waals surface area contributed by atoms with E-state index in [1.165, 1.54) is 12.1 Å². The number of ketones is 2. The first kappa shape index (κ1) is 26.0. The van der Waals surface area contributed by atoms with Crippen molar-refractivity contribution >= 4 is 34.8 Å². The average Bonchev–Trinajstić information content (AvgIpc) is 2.76. The number of nitrogens with one attached hydrogen (secondary N) is 1. The summed E-state index contributed by atoms with van der Waals surface area (Å²) in [6, 6.07) is 9.49. The van der Waals surface area contributed by atoms with Crippen LogP contribution >= 0.6 is 23.2 Å². The molecule has 1 aliphatic heterocycles. The minimum Gasteiger partial charge on any atom is -0.486 e. The fraction of sp³-hybridized carbons (Fsp3) is 0.400. The molecule has 0 saturated carbocycles. The maximum Gasteiger partial charge on any atom is 0.162 e. The van der Waals surface area contributed by atoms with Crippen LogP contribution in [0.2, 0.25) is 10.0 Å². The van der Waals surface area contributed by atoms with Crippen molar-refractivity contribution in [3.05, 3.63) is 85.9 Å². The van der Waals surface area contributed by atoms with Gasteiger partial charge in [0, 0.05) is 41.3 Å². The number of ether oxygens (including phenoxy) is 1. The summed E-state index contributed by atoms with van der Waals surface area (Å²) in [6.45, 7) is 8.52. The summed E-state index contributed by atoms with van der Waals surface area (Å²) in [6.07, 6.45) is 2.26. The fourth-order valence-corrected chi connectivity index (χ4v) is 6.46. The lowest BCUT2D eigenvalue weighted by Crippen LogP contribution is -2.42. The van der Waals surface area contributed by atoms with E-state index in [0.717, 1.165) is 29.8 Å². The van der Waals surface area contributed by atoms with Crippen LogP contribution < -0.4 is 10.1 Å². The third-order valence-electron chi connectivity index (χ3n) is 7.37. The predicted octanol–water partition coefficient (Wildman–Crippen LogP) is 7.68. The molecule has 5 rings (SSSR count). The molecule has 0 fully saturated rings. The Bertz CT molecular complexity index is 1300. The van der Waals surface area contributed by atoms with Crippen LogP contribution in [0, 0.1) is 16.6 Å². The van der Waals surface area contributed by atoms with Gasteiger partial charge in [-0.3, -0.25) is 9.59 Å². The molecule has 0 unspecified atom stereocenters. The highest BCUT2D eigenvalue weighted by Gasteiger charge is 2.46. The third kappa shape index (κ3) is 5.08. The van der Waals surface area contributed by atoms with Gasteiger partial charge in [0.15, 0.2) is 17.3 Å². The number of hydrogen-bond donors (Lipinski definition) is 1. The Morgan fingerprint density at radius 1 is 0.865 bits per heavy atom. The van der Waals surface area contributed by atoms with Crippen LogP contribution in [0.25, 0.3) is 0 Å². The van der Waals surface area contributed by atoms with E-state index < -0.39 is 5.92 Å². The highest BCUT2D eigenvalue weighted by molar-refractivity contribution is 6.37. The van der Waals surface area contributed by atoms with E-state index in [0.29, 0.717) is 45.3 Å². The molecule has 0 amide bonds. The molecule has 2 aliphatic carbocycles. The topological polar surface area (TPSA) is 55.4 Å². The monoisotopic (exact) mass is 541 g/mol. The van der Waals surface area contributed by atoms with Gasteiger partial charge in [-0.15, -0.1) is 0 Å². The molecule has 0 saturated heterocycles. The summed E-state index contributed by atoms with van der Waals surface area (Å²) in [5, 5.41) is 4.10. The third-order valence-corrected chi connectivity index (χ3v) is 7.93. The van der Waals surface area contributed by atoms with Gasteiger partial charge in [0.2, 0.25) is 0 Å². The first-order chi connectivity index (χ1) is 17.3. The van der Waals surface area contributed by atoms with Crippen LogP contribution in [0.5, 0.6) is 5.75 Å². The summed E-state index contributed by atoms with van der Waals surface area (Å²) in [5.74, 6) is -0.469. The van der Waals surface area contributed by atoms with E-state index in [9.17, 15) is 14.0 Å². The molecule has 3 aliphatic rings. The van der Waals surface area contributed by atoms with Crippen molar-refractivity contribution < 1.29 is 18.7 Å². The number of allylic oxidation sites excluding steroid dienone is 4. The summed E-state index contributed by atoms with van der Waals surface area (Å²) in [5.41, 5.74) is 4.17. The van der Waals surface area contributed by atoms with Gasteiger partial charge >= 0.3 is 0 Å². The Labute approximate surface area is 226 Å². The van der Waals surface area contributed by atoms with Crippen molar-refractivity contribution in [2.75, 3.05) is 0 Å². The minimum atomic E-state index is -0.528. The van der Waals surface area contributed by atoms with Crippen molar-refractivity contribution in [1.29, 1.82) is 0 Å². The summed E-state index contributed by atoms with van der Waals surface area (Å²) in [7, 11) is 0. The second-order valence-corrected chi connectivity index (χ2v) is 12.8. The van der Waals surface area contributed by atoms with Crippen molar-refractivity contribution in [2.24, 2.45) is 10.8 Å². The average molecular weight is 542 g/mol. The molecule has 2 aromatic rings. The number of Topliss-reactive ketones (excluding diaryl/α,β-unsaturated/α-hetero) is 2. The normalized spacial score (nSPS) is 20.9. The standard InChI is InChI=1S/C30H30Cl2FNO3/c1-29(2)11-21-26(23(35)13-29)25(27-22(34-21)12-30(3,4)14-24(27)36)17-9-19(31)28(20(32)10-17)37-15-16-5-7-18(33)8-6-16/h5-10,25,34H,11-15H2,1-4H3. The van der Waals surface area contributed by atoms with Gasteiger partial charge in [0.1, 0.15) is 12.4 Å². The van der Waals surface area contributed by atoms with Crippen LogP contribution in [-0.4, -0.2) is 11.6 Å². The number of rotatable bonds is 4. The number of dihydropyridines is 1. The van der Waals surface area contributed by atoms with Gasteiger partial charge in [-0.05, 0) is 59.1 Å². The van der Waals surface area contributed by atoms with Crippen molar-refractivity contribution in [2.45, 2.75) is 65.9 Å². The zero-order valence-corrected chi connectivity index (χ0v) is 22.9. The Kier molecular flexibility index (Phi) is 6.52. The summed E-state index contributed by atoms with van der Waals surface area (Å²) < 4.78 is 19.1. The Balaban J connectivity index is 1.56. The zero-order valence-electron chi connectivity index (χ0n) is 21.4. The van der Waals surface area contributed by atoms with E-state index in [1.54, 1.807) is 24.3 Å². The SMILES string of the molecule is CC1(C)CC(=O)C2=C(C1)NC1=C(C(=O)CC(C)(C)C1)C2c1cc(Cl)c(OCc2ccc(F)cc2)c(Cl)c1. The molecule has 4 nitrogen and oxygen atoms in total. The number of hydrogen-bond acceptors (Lipinski definition) is 4. The zero-order chi connectivity index (χ0) is 26.7. The van der Waals surface area contributed by atoms with E-state index in [2.05, 4.69) is 33.0 Å². The molecule has 7 heteroatoms. The molecule has 2 aromatic carbocycles. The van der Waals surface area contributed by atoms with Gasteiger partial charge in [-0.2, -0.15) is 0 Å². The minimum absolute atomic E-state index is 0.0387. The van der Waals surface area contributed by atoms with E-state index in [4.69, 9.17) is 27.9 Å². The molecule has 1 heterocycles. The quantitative estimate of drug-likeness (QED) is 0.431. The maximum absolute atomic E-state index is 13.5. The number of carbonyl (C=O) groups excluding carboxylic acids is 2. The van der Waals surface area contributed by atoms with Crippen LogP contribution in [0.15, 0.2) is 58.9 Å². The van der Waals surface area contributed by atoms with E-state index in [-0.39, 0.29) is 34.8 Å². The Morgan fingerprint density at radius 3 is 1.84 bits per heavy atom. The molecule has 0 radical (unpaired) electrons. The molecule has 0 spiro atoms. The van der Waals surface area contributed by atoms with Crippen LogP contribution in [-0.2, 0) is 16.2 Å². The number of halogens is 3. The molecule has 0 atom stereocenters. The van der Waals surface area contributed by atoms with Gasteiger partial charge in [-0.25, -0.2) is 4.39 Å². The predicted molar refractivity (Wildman–Crippen MR) is 143 cm³/mol. The maximum atomic E-state index is 13.5. The van der Waals surface area contributed by atoms with Gasteiger partial charge in [-0.1, -0.05) is 63.0 Å². The molecule has 1 N–H and O–H groups in total. The molecule has 194 valence electrons. The largest absolute Gasteiger partial charge is 0.486 e. The molecule has 0 bridgehead atoms. The fourth-order valence-electron chi connectivity index (χ4n) is 5.84. The first-order valence-electron chi connectivity index (χ1n) is 12.5. The molecular formula is C30H30Cl2FNO3. The van der Waals surface area contributed by atoms with Crippen LogP contribution in [0.3, 0.4) is 0 Å². The lowest BCUT2D eigenvalue weighted by molar-refractivity contribution is -0.119. The van der Waals surface area contributed by atoms with Crippen LogP contribution in [0.4, 0.5) is 4.39 Å². The first-order valence-corrected chi connectivity index (χ1v) is 13.2. The lowest BCUT2D eigenvalue weighted by Gasteiger charge is -2.44. The van der Waals surface area contributed by atoms with Gasteiger partial charge < -0.3 is 10.1 Å². The van der Waals surface area contributed by atoms with Crippen molar-refractivity contribution in [1.82, 2.24) is 5.32 Å². The Morgan fingerprint density at radius 2 is 1.35 bits per heavy atom. The summed E-state index contributed by atoms with van der Waals surface area (Å²) in [4.78, 5) is 27.0. The van der Waals surface area contributed by atoms with E-state index >= 15 is 0 Å². The lowest BCUT2D eigenvalue weighted by atomic mass is 9.64. The second kappa shape index (κ2) is 9.28. The van der Waals surface area contributed by atoms with Gasteiger partial charge in [0.05, 0.1) is 10.0 Å². The number of carbonyl (C=O) groups is 2. The Hall–Kier alpha value is -2.63. The molecule has 0 aromatic heterocycles. The summed E-state index contributed by atoms with van der Waals surface area (Å²) >= 11 is 13.3. The highest BCUT2D eigenvalue weighted by atomic mass is 35.5. The van der Waals surface area contributed by atoms with Crippen LogP contribution in [0.1, 0.15) is 70.4 Å². The highest BCUT2D eigenvalue weighted by Crippen LogP contribution is 2.52. The second-order valence-electron chi connectivity index (χ2n) is 12.0. The van der Waals surface area contributed by atoms with Gasteiger partial charge in [0.25, 0.3) is 0 Å². The smallest absolute Gasteiger partial charge is 0.162 e.